The van der Waals surface area contributed by atoms with Gasteiger partial charge in [0.15, 0.2) is 11.6 Å². The highest BCUT2D eigenvalue weighted by Crippen LogP contribution is 2.25. The smallest absolute Gasteiger partial charge is 0.258 e. The zero-order chi connectivity index (χ0) is 26.1. The Morgan fingerprint density at radius 1 is 1.16 bits per heavy atom. The molecule has 38 heavy (non-hydrogen) atoms. The summed E-state index contributed by atoms with van der Waals surface area (Å²) in [7, 11) is 1.64. The van der Waals surface area contributed by atoms with Gasteiger partial charge < -0.3 is 25.0 Å². The fourth-order valence-electron chi connectivity index (χ4n) is 4.61. The molecule has 1 fully saturated rings. The van der Waals surface area contributed by atoms with Crippen LogP contribution < -0.4 is 15.0 Å². The third-order valence-electron chi connectivity index (χ3n) is 6.64. The third kappa shape index (κ3) is 4.81. The van der Waals surface area contributed by atoms with Crippen LogP contribution in [0.4, 0.5) is 11.6 Å². The van der Waals surface area contributed by atoms with Crippen LogP contribution in [0.1, 0.15) is 22.3 Å². The molecule has 1 aliphatic rings. The predicted molar refractivity (Wildman–Crippen MR) is 144 cm³/mol. The van der Waals surface area contributed by atoms with Gasteiger partial charge in [0.05, 0.1) is 36.4 Å². The Morgan fingerprint density at radius 3 is 2.71 bits per heavy atom. The Morgan fingerprint density at radius 2 is 2.00 bits per heavy atom. The molecule has 0 unspecified atom stereocenters. The number of carbonyl (C=O) groups is 1. The number of H-pyrrole nitrogens is 1. The number of β-amino-alcohol motifs (C(OH)–C–C–N with tert-alkyl or cyclic N) is 1. The highest BCUT2D eigenvalue weighted by Gasteiger charge is 2.22. The maximum absolute atomic E-state index is 13.0. The maximum Gasteiger partial charge on any atom is 0.258 e. The fraction of sp³-hybridized carbons (Fsp3) is 0.214. The average Bonchev–Trinajstić information content (AvgIpc) is 3.67. The van der Waals surface area contributed by atoms with Gasteiger partial charge in [-0.2, -0.15) is 5.10 Å². The lowest BCUT2D eigenvalue weighted by Gasteiger charge is -2.16. The Labute approximate surface area is 218 Å². The Kier molecular flexibility index (Phi) is 6.22. The van der Waals surface area contributed by atoms with Gasteiger partial charge in [0, 0.05) is 25.4 Å². The van der Waals surface area contributed by atoms with Crippen molar-refractivity contribution >= 4 is 28.6 Å². The van der Waals surface area contributed by atoms with Crippen molar-refractivity contribution in [3.05, 3.63) is 84.1 Å². The maximum atomic E-state index is 13.0. The van der Waals surface area contributed by atoms with Gasteiger partial charge >= 0.3 is 0 Å². The molecule has 3 N–H and O–H groups in total. The number of methoxy groups -OCH3 is 1. The number of imidazole rings is 1. The van der Waals surface area contributed by atoms with Crippen LogP contribution in [0.15, 0.2) is 72.9 Å². The summed E-state index contributed by atoms with van der Waals surface area (Å²) in [6.07, 6.45) is 1.93. The first-order chi connectivity index (χ1) is 18.6. The van der Waals surface area contributed by atoms with Crippen molar-refractivity contribution in [2.24, 2.45) is 0 Å². The van der Waals surface area contributed by atoms with E-state index in [1.165, 1.54) is 0 Å². The summed E-state index contributed by atoms with van der Waals surface area (Å²) in [6, 6.07) is 20.9. The predicted octanol–water partition coefficient (Wildman–Crippen LogP) is 3.70. The Bertz CT molecular complexity index is 1540. The molecule has 0 spiro atoms. The first kappa shape index (κ1) is 23.7. The number of carbonyl (C=O) groups excluding carboxylic acids is 1. The first-order valence-corrected chi connectivity index (χ1v) is 12.4. The van der Waals surface area contributed by atoms with Crippen LogP contribution in [0.2, 0.25) is 0 Å². The van der Waals surface area contributed by atoms with Crippen LogP contribution in [0, 0.1) is 0 Å². The number of anilines is 2. The fourth-order valence-corrected chi connectivity index (χ4v) is 4.61. The van der Waals surface area contributed by atoms with Gasteiger partial charge in [-0.25, -0.2) is 9.97 Å². The topological polar surface area (TPSA) is 121 Å². The summed E-state index contributed by atoms with van der Waals surface area (Å²) in [4.78, 5) is 27.6. The van der Waals surface area contributed by atoms with Gasteiger partial charge in [-0.05, 0) is 48.4 Å². The standard InChI is InChI=1S/C28H27N7O3/c1-38-21-9-6-18(7-10-21)16-35-24(27-30-22-4-2-3-5-23(22)31-27)14-25(33-35)32-28(37)19-8-11-26(29-15-19)34-13-12-20(36)17-34/h2-11,14-15,20,36H,12-13,16-17H2,1H3,(H,30,31)(H,32,33,37)/t20-/m1/s1. The summed E-state index contributed by atoms with van der Waals surface area (Å²) in [5.74, 6) is 2.28. The second-order valence-electron chi connectivity index (χ2n) is 9.27. The molecule has 0 radical (unpaired) electrons. The summed E-state index contributed by atoms with van der Waals surface area (Å²) in [5.41, 5.74) is 3.96. The van der Waals surface area contributed by atoms with E-state index in [0.29, 0.717) is 30.3 Å². The van der Waals surface area contributed by atoms with Gasteiger partial charge in [0.25, 0.3) is 5.91 Å². The number of rotatable bonds is 7. The van der Waals surface area contributed by atoms with E-state index >= 15 is 0 Å². The molecular formula is C28H27N7O3. The van der Waals surface area contributed by atoms with Crippen LogP contribution in [0.25, 0.3) is 22.6 Å². The van der Waals surface area contributed by atoms with Gasteiger partial charge in [-0.3, -0.25) is 9.48 Å². The largest absolute Gasteiger partial charge is 0.497 e. The summed E-state index contributed by atoms with van der Waals surface area (Å²) >= 11 is 0. The second-order valence-corrected chi connectivity index (χ2v) is 9.27. The van der Waals surface area contributed by atoms with Crippen molar-refractivity contribution in [2.75, 3.05) is 30.4 Å². The molecule has 1 saturated heterocycles. The lowest BCUT2D eigenvalue weighted by Crippen LogP contribution is -2.22. The number of benzene rings is 2. The van der Waals surface area contributed by atoms with Crippen molar-refractivity contribution in [3.8, 4) is 17.3 Å². The van der Waals surface area contributed by atoms with E-state index in [4.69, 9.17) is 9.72 Å². The van der Waals surface area contributed by atoms with E-state index in [1.807, 2.05) is 64.2 Å². The summed E-state index contributed by atoms with van der Waals surface area (Å²) < 4.78 is 7.09. The molecule has 2 aromatic carbocycles. The van der Waals surface area contributed by atoms with Gasteiger partial charge in [-0.1, -0.05) is 24.3 Å². The molecule has 10 nitrogen and oxygen atoms in total. The van der Waals surface area contributed by atoms with Crippen LogP contribution in [-0.2, 0) is 6.54 Å². The molecule has 0 bridgehead atoms. The molecule has 1 aliphatic heterocycles. The number of ether oxygens (including phenoxy) is 1. The second kappa shape index (κ2) is 9.98. The van der Waals surface area contributed by atoms with Crippen LogP contribution >= 0.6 is 0 Å². The quantitative estimate of drug-likeness (QED) is 0.306. The molecule has 1 atom stereocenters. The zero-order valence-corrected chi connectivity index (χ0v) is 20.8. The molecule has 1 amide bonds. The number of aliphatic hydroxyl groups excluding tert-OH is 1. The number of hydrogen-bond acceptors (Lipinski definition) is 7. The van der Waals surface area contributed by atoms with Crippen molar-refractivity contribution in [1.29, 1.82) is 0 Å². The number of nitrogens with zero attached hydrogens (tertiary/aromatic N) is 5. The van der Waals surface area contributed by atoms with E-state index in [2.05, 4.69) is 20.4 Å². The number of aromatic amines is 1. The van der Waals surface area contributed by atoms with Crippen LogP contribution in [0.5, 0.6) is 5.75 Å². The number of para-hydroxylation sites is 2. The molecule has 10 heteroatoms. The number of fused-ring (bicyclic) bond motifs is 1. The van der Waals surface area contributed by atoms with Crippen LogP contribution in [-0.4, -0.2) is 62.0 Å². The minimum atomic E-state index is -0.339. The lowest BCUT2D eigenvalue weighted by molar-refractivity contribution is 0.102. The van der Waals surface area contributed by atoms with Gasteiger partial charge in [0.2, 0.25) is 0 Å². The SMILES string of the molecule is COc1ccc(Cn2nc(NC(=O)c3ccc(N4CC[C@@H](O)C4)nc3)cc2-c2nc3ccccc3[nH]2)cc1. The Hall–Kier alpha value is -4.70. The molecule has 6 rings (SSSR count). The monoisotopic (exact) mass is 509 g/mol. The number of amides is 1. The van der Waals surface area contributed by atoms with E-state index in [1.54, 1.807) is 25.4 Å². The lowest BCUT2D eigenvalue weighted by atomic mass is 10.2. The molecular weight excluding hydrogens is 482 g/mol. The van der Waals surface area contributed by atoms with Crippen LogP contribution in [0.3, 0.4) is 0 Å². The number of hydrogen-bond donors (Lipinski definition) is 3. The van der Waals surface area contributed by atoms with Crippen molar-refractivity contribution in [3.63, 3.8) is 0 Å². The first-order valence-electron chi connectivity index (χ1n) is 12.4. The number of nitrogens with one attached hydrogen (secondary N) is 2. The molecule has 5 aromatic rings. The molecule has 3 aromatic heterocycles. The number of aromatic nitrogens is 5. The van der Waals surface area contributed by atoms with E-state index < -0.39 is 0 Å². The molecule has 0 saturated carbocycles. The normalized spacial score (nSPS) is 15.2. The van der Waals surface area contributed by atoms with E-state index in [9.17, 15) is 9.90 Å². The van der Waals surface area contributed by atoms with Crippen molar-refractivity contribution in [2.45, 2.75) is 19.1 Å². The third-order valence-corrected chi connectivity index (χ3v) is 6.64. The Balaban J connectivity index is 1.27. The van der Waals surface area contributed by atoms with Crippen molar-refractivity contribution in [1.82, 2.24) is 24.7 Å². The summed E-state index contributed by atoms with van der Waals surface area (Å²) in [6.45, 7) is 1.77. The average molecular weight is 510 g/mol. The van der Waals surface area contributed by atoms with Gasteiger partial charge in [0.1, 0.15) is 17.3 Å². The molecule has 4 heterocycles. The highest BCUT2D eigenvalue weighted by molar-refractivity contribution is 6.03. The zero-order valence-electron chi connectivity index (χ0n) is 20.8. The number of pyridine rings is 1. The minimum Gasteiger partial charge on any atom is -0.497 e. The molecule has 0 aliphatic carbocycles. The van der Waals surface area contributed by atoms with Crippen molar-refractivity contribution < 1.29 is 14.6 Å². The number of aliphatic hydroxyl groups is 1. The minimum absolute atomic E-state index is 0.309. The van der Waals surface area contributed by atoms with Gasteiger partial charge in [-0.15, -0.1) is 0 Å². The van der Waals surface area contributed by atoms with E-state index in [-0.39, 0.29) is 12.0 Å². The van der Waals surface area contributed by atoms with E-state index in [0.717, 1.165) is 46.8 Å². The summed E-state index contributed by atoms with van der Waals surface area (Å²) in [5, 5.41) is 17.4. The molecule has 192 valence electrons. The highest BCUT2D eigenvalue weighted by atomic mass is 16.5.